The molecule has 0 aromatic carbocycles. The number of urea groups is 1. The van der Waals surface area contributed by atoms with Crippen molar-refractivity contribution in [2.75, 3.05) is 26.7 Å². The molecule has 0 unspecified atom stereocenters. The minimum Gasteiger partial charge on any atom is -0.466 e. The topological polar surface area (TPSA) is 114 Å². The molecule has 8 nitrogen and oxygen atoms in total. The Kier molecular flexibility index (Phi) is 5.58. The fourth-order valence-electron chi connectivity index (χ4n) is 3.36. The van der Waals surface area contributed by atoms with Crippen LogP contribution in [-0.2, 0) is 14.3 Å². The number of methoxy groups -OCH3 is 1. The average molecular weight is 378 g/mol. The van der Waals surface area contributed by atoms with E-state index in [-0.39, 0.29) is 17.9 Å². The van der Waals surface area contributed by atoms with Crippen molar-refractivity contribution in [1.29, 1.82) is 0 Å². The summed E-state index contributed by atoms with van der Waals surface area (Å²) in [6.45, 7) is 1.77. The van der Waals surface area contributed by atoms with E-state index >= 15 is 0 Å². The van der Waals surface area contributed by atoms with Crippen LogP contribution < -0.4 is 16.4 Å². The highest BCUT2D eigenvalue weighted by Gasteiger charge is 2.35. The zero-order valence-electron chi connectivity index (χ0n) is 14.5. The van der Waals surface area contributed by atoms with Gasteiger partial charge in [-0.15, -0.1) is 11.3 Å². The van der Waals surface area contributed by atoms with Gasteiger partial charge >= 0.3 is 12.0 Å². The molecule has 2 aliphatic rings. The van der Waals surface area contributed by atoms with Crippen LogP contribution in [-0.4, -0.2) is 49.6 Å². The number of primary amides is 1. The first-order valence-electron chi connectivity index (χ1n) is 8.43. The van der Waals surface area contributed by atoms with Gasteiger partial charge in [0.2, 0.25) is 5.91 Å². The number of carbonyl (C=O) groups excluding carboxylic acids is 3. The summed E-state index contributed by atoms with van der Waals surface area (Å²) in [6, 6.07) is 2.87. The summed E-state index contributed by atoms with van der Waals surface area (Å²) in [5.74, 6) is -0.855. The number of nitrogens with zero attached hydrogens (tertiary/aromatic N) is 1. The normalized spacial score (nSPS) is 21.9. The lowest BCUT2D eigenvalue weighted by atomic mass is 9.95. The number of amides is 3. The maximum Gasteiger partial charge on any atom is 0.338 e. The fraction of sp³-hybridized carbons (Fsp3) is 0.471. The third-order valence-corrected chi connectivity index (χ3v) is 5.70. The van der Waals surface area contributed by atoms with Gasteiger partial charge in [-0.2, -0.15) is 0 Å². The molecule has 1 atom stereocenters. The molecule has 0 saturated carbocycles. The van der Waals surface area contributed by atoms with Crippen LogP contribution in [0.4, 0.5) is 4.79 Å². The Bertz CT molecular complexity index is 723. The van der Waals surface area contributed by atoms with E-state index in [1.807, 2.05) is 17.5 Å². The molecule has 3 heterocycles. The SMILES string of the molecule is COC(=O)C1=C(CN2CCC(C(N)=O)CC2)NC(=O)N[C@H]1c1cccs1. The van der Waals surface area contributed by atoms with Gasteiger partial charge < -0.3 is 21.1 Å². The van der Waals surface area contributed by atoms with Crippen LogP contribution in [0.1, 0.15) is 23.8 Å². The number of nitrogens with one attached hydrogen (secondary N) is 2. The number of hydrogen-bond acceptors (Lipinski definition) is 6. The van der Waals surface area contributed by atoms with Crippen molar-refractivity contribution in [1.82, 2.24) is 15.5 Å². The first-order valence-corrected chi connectivity index (χ1v) is 9.31. The van der Waals surface area contributed by atoms with Gasteiger partial charge in [-0.25, -0.2) is 9.59 Å². The lowest BCUT2D eigenvalue weighted by Gasteiger charge is -2.34. The quantitative estimate of drug-likeness (QED) is 0.654. The Hall–Kier alpha value is -2.39. The number of piperidine rings is 1. The van der Waals surface area contributed by atoms with E-state index in [0.717, 1.165) is 4.88 Å². The molecule has 0 radical (unpaired) electrons. The first kappa shape index (κ1) is 18.4. The van der Waals surface area contributed by atoms with E-state index in [9.17, 15) is 14.4 Å². The molecule has 1 aromatic heterocycles. The second-order valence-corrected chi connectivity index (χ2v) is 7.36. The van der Waals surface area contributed by atoms with Crippen molar-refractivity contribution in [3.05, 3.63) is 33.7 Å². The van der Waals surface area contributed by atoms with Crippen molar-refractivity contribution in [2.24, 2.45) is 11.7 Å². The predicted octanol–water partition coefficient (Wildman–Crippen LogP) is 0.726. The monoisotopic (exact) mass is 378 g/mol. The third kappa shape index (κ3) is 3.88. The van der Waals surface area contributed by atoms with Gasteiger partial charge in [-0.3, -0.25) is 9.69 Å². The van der Waals surface area contributed by atoms with Crippen LogP contribution in [0.2, 0.25) is 0 Å². The smallest absolute Gasteiger partial charge is 0.338 e. The minimum absolute atomic E-state index is 0.109. The molecule has 0 bridgehead atoms. The second kappa shape index (κ2) is 7.88. The molecule has 1 aromatic rings. The highest BCUT2D eigenvalue weighted by molar-refractivity contribution is 7.10. The van der Waals surface area contributed by atoms with Gasteiger partial charge in [0, 0.05) is 23.0 Å². The second-order valence-electron chi connectivity index (χ2n) is 6.38. The van der Waals surface area contributed by atoms with E-state index in [1.165, 1.54) is 18.4 Å². The maximum atomic E-state index is 12.4. The predicted molar refractivity (Wildman–Crippen MR) is 96.1 cm³/mol. The number of hydrogen-bond donors (Lipinski definition) is 3. The number of rotatable bonds is 5. The summed E-state index contributed by atoms with van der Waals surface area (Å²) < 4.78 is 4.96. The van der Waals surface area contributed by atoms with E-state index in [4.69, 9.17) is 10.5 Å². The van der Waals surface area contributed by atoms with Crippen LogP contribution in [0.15, 0.2) is 28.8 Å². The lowest BCUT2D eigenvalue weighted by Crippen LogP contribution is -2.49. The molecule has 9 heteroatoms. The highest BCUT2D eigenvalue weighted by Crippen LogP contribution is 2.31. The molecule has 3 amide bonds. The summed E-state index contributed by atoms with van der Waals surface area (Å²) in [4.78, 5) is 38.9. The Balaban J connectivity index is 1.84. The Morgan fingerprint density at radius 3 is 2.69 bits per heavy atom. The van der Waals surface area contributed by atoms with Crippen LogP contribution in [0.3, 0.4) is 0 Å². The van der Waals surface area contributed by atoms with Gasteiger partial charge in [-0.05, 0) is 37.4 Å². The highest BCUT2D eigenvalue weighted by atomic mass is 32.1. The van der Waals surface area contributed by atoms with E-state index < -0.39 is 12.0 Å². The summed E-state index contributed by atoms with van der Waals surface area (Å²) >= 11 is 1.47. The average Bonchev–Trinajstić information content (AvgIpc) is 3.15. The molecule has 26 heavy (non-hydrogen) atoms. The summed E-state index contributed by atoms with van der Waals surface area (Å²) in [5.41, 5.74) is 6.32. The number of ether oxygens (including phenoxy) is 1. The molecule has 2 aliphatic heterocycles. The largest absolute Gasteiger partial charge is 0.466 e. The van der Waals surface area contributed by atoms with Crippen molar-refractivity contribution in [2.45, 2.75) is 18.9 Å². The van der Waals surface area contributed by atoms with Crippen LogP contribution in [0.5, 0.6) is 0 Å². The maximum absolute atomic E-state index is 12.4. The fourth-order valence-corrected chi connectivity index (χ4v) is 4.15. The van der Waals surface area contributed by atoms with Crippen molar-refractivity contribution < 1.29 is 19.1 Å². The Labute approximate surface area is 155 Å². The molecular formula is C17H22N4O4S. The standard InChI is InChI=1S/C17H22N4O4S/c1-25-16(23)13-11(9-21-6-4-10(5-7-21)15(18)22)19-17(24)20-14(13)12-3-2-8-26-12/h2-3,8,10,14H,4-7,9H2,1H3,(H2,18,22)(H2,19,20,24)/t14-/m0/s1. The molecule has 1 saturated heterocycles. The Morgan fingerprint density at radius 1 is 1.38 bits per heavy atom. The van der Waals surface area contributed by atoms with E-state index in [2.05, 4.69) is 15.5 Å². The van der Waals surface area contributed by atoms with Gasteiger partial charge in [0.25, 0.3) is 0 Å². The zero-order chi connectivity index (χ0) is 18.7. The summed E-state index contributed by atoms with van der Waals surface area (Å²) in [7, 11) is 1.33. The molecule has 0 aliphatic carbocycles. The number of likely N-dealkylation sites (tertiary alicyclic amines) is 1. The molecule has 3 rings (SSSR count). The first-order chi connectivity index (χ1) is 12.5. The van der Waals surface area contributed by atoms with Crippen LogP contribution >= 0.6 is 11.3 Å². The number of carbonyl (C=O) groups is 3. The number of esters is 1. The van der Waals surface area contributed by atoms with Gasteiger partial charge in [0.05, 0.1) is 18.7 Å². The van der Waals surface area contributed by atoms with Crippen molar-refractivity contribution in [3.8, 4) is 0 Å². The third-order valence-electron chi connectivity index (χ3n) is 4.76. The van der Waals surface area contributed by atoms with E-state index in [1.54, 1.807) is 0 Å². The number of nitrogens with two attached hydrogens (primary N) is 1. The van der Waals surface area contributed by atoms with Crippen LogP contribution in [0.25, 0.3) is 0 Å². The van der Waals surface area contributed by atoms with Crippen molar-refractivity contribution in [3.63, 3.8) is 0 Å². The molecular weight excluding hydrogens is 356 g/mol. The summed E-state index contributed by atoms with van der Waals surface area (Å²) in [5, 5.41) is 7.45. The van der Waals surface area contributed by atoms with E-state index in [0.29, 0.717) is 43.7 Å². The van der Waals surface area contributed by atoms with Crippen molar-refractivity contribution >= 4 is 29.2 Å². The number of thiophene rings is 1. The molecule has 140 valence electrons. The zero-order valence-corrected chi connectivity index (χ0v) is 15.3. The summed E-state index contributed by atoms with van der Waals surface area (Å²) in [6.07, 6.45) is 1.35. The lowest BCUT2D eigenvalue weighted by molar-refractivity contribution is -0.136. The van der Waals surface area contributed by atoms with Gasteiger partial charge in [0.15, 0.2) is 0 Å². The molecule has 0 spiro atoms. The van der Waals surface area contributed by atoms with Gasteiger partial charge in [-0.1, -0.05) is 6.07 Å². The molecule has 1 fully saturated rings. The van der Waals surface area contributed by atoms with Crippen LogP contribution in [0, 0.1) is 5.92 Å². The Morgan fingerprint density at radius 2 is 2.12 bits per heavy atom. The minimum atomic E-state index is -0.533. The van der Waals surface area contributed by atoms with Gasteiger partial charge in [0.1, 0.15) is 0 Å². The molecule has 4 N–H and O–H groups in total.